The lowest BCUT2D eigenvalue weighted by atomic mass is 10.2. The zero-order valence-electron chi connectivity index (χ0n) is 9.62. The fraction of sp³-hybridized carbons (Fsp3) is 0.273. The molecule has 6 nitrogen and oxygen atoms in total. The Kier molecular flexibility index (Phi) is 3.24. The van der Waals surface area contributed by atoms with E-state index in [1.165, 1.54) is 17.0 Å². The van der Waals surface area contributed by atoms with E-state index in [1.807, 2.05) is 6.92 Å². The molecule has 0 saturated heterocycles. The van der Waals surface area contributed by atoms with Crippen LogP contribution in [0.3, 0.4) is 0 Å². The largest absolute Gasteiger partial charge is 0.348 e. The number of carbonyl (C=O) groups is 1. The number of rotatable bonds is 2. The summed E-state index contributed by atoms with van der Waals surface area (Å²) in [6.45, 7) is 1.84. The maximum Gasteiger partial charge on any atom is 0.271 e. The number of hydrogen-bond donors (Lipinski definition) is 1. The molecule has 18 heavy (non-hydrogen) atoms. The van der Waals surface area contributed by atoms with Crippen molar-refractivity contribution < 1.29 is 9.72 Å². The molecule has 0 saturated carbocycles. The van der Waals surface area contributed by atoms with Crippen molar-refractivity contribution in [2.45, 2.75) is 19.4 Å². The van der Waals surface area contributed by atoms with Gasteiger partial charge in [0, 0.05) is 24.6 Å². The molecule has 0 aliphatic carbocycles. The highest BCUT2D eigenvalue weighted by Gasteiger charge is 2.24. The Labute approximate surface area is 109 Å². The molecule has 1 heterocycles. The molecule has 1 amide bonds. The Morgan fingerprint density at radius 1 is 1.61 bits per heavy atom. The summed E-state index contributed by atoms with van der Waals surface area (Å²) < 4.78 is 0. The number of nitro benzene ring substituents is 1. The van der Waals surface area contributed by atoms with Crippen LogP contribution >= 0.6 is 12.2 Å². The first kappa shape index (κ1) is 12.4. The number of benzene rings is 1. The quantitative estimate of drug-likeness (QED) is 0.383. The van der Waals surface area contributed by atoms with Crippen LogP contribution in [0.2, 0.25) is 0 Å². The van der Waals surface area contributed by atoms with Crippen molar-refractivity contribution in [3.63, 3.8) is 0 Å². The molecule has 1 aromatic carbocycles. The SMILES string of the molecule is CC1CC(=S)Nc2ccc([N+](=O)[O-])cc2N1C=O. The Morgan fingerprint density at radius 2 is 2.33 bits per heavy atom. The van der Waals surface area contributed by atoms with Gasteiger partial charge in [0.1, 0.15) is 0 Å². The van der Waals surface area contributed by atoms with E-state index in [-0.39, 0.29) is 11.7 Å². The van der Waals surface area contributed by atoms with Gasteiger partial charge in [-0.05, 0) is 13.0 Å². The molecule has 1 N–H and O–H groups in total. The topological polar surface area (TPSA) is 75.5 Å². The van der Waals surface area contributed by atoms with Crippen LogP contribution in [-0.4, -0.2) is 22.4 Å². The van der Waals surface area contributed by atoms with Gasteiger partial charge >= 0.3 is 0 Å². The molecule has 0 bridgehead atoms. The predicted octanol–water partition coefficient (Wildman–Crippen LogP) is 2.09. The first-order chi connectivity index (χ1) is 8.52. The van der Waals surface area contributed by atoms with Gasteiger partial charge < -0.3 is 10.2 Å². The number of hydrogen-bond acceptors (Lipinski definition) is 4. The second-order valence-electron chi connectivity index (χ2n) is 4.07. The van der Waals surface area contributed by atoms with Crippen LogP contribution in [0.25, 0.3) is 0 Å². The third-order valence-corrected chi connectivity index (χ3v) is 3.08. The summed E-state index contributed by atoms with van der Waals surface area (Å²) in [6, 6.07) is 4.19. The molecular formula is C11H11N3O3S. The van der Waals surface area contributed by atoms with Crippen LogP contribution < -0.4 is 10.2 Å². The minimum Gasteiger partial charge on any atom is -0.348 e. The van der Waals surface area contributed by atoms with Gasteiger partial charge in [0.05, 0.1) is 21.3 Å². The smallest absolute Gasteiger partial charge is 0.271 e. The van der Waals surface area contributed by atoms with E-state index in [0.717, 1.165) is 0 Å². The number of nitrogens with one attached hydrogen (secondary N) is 1. The van der Waals surface area contributed by atoms with Crippen LogP contribution in [0.1, 0.15) is 13.3 Å². The van der Waals surface area contributed by atoms with Crippen molar-refractivity contribution in [1.82, 2.24) is 0 Å². The van der Waals surface area contributed by atoms with Crippen LogP contribution in [0.5, 0.6) is 0 Å². The lowest BCUT2D eigenvalue weighted by Crippen LogP contribution is -2.31. The normalized spacial score (nSPS) is 18.6. The van der Waals surface area contributed by atoms with Gasteiger partial charge in [0.25, 0.3) is 5.69 Å². The Morgan fingerprint density at radius 3 is 2.94 bits per heavy atom. The molecule has 7 heteroatoms. The molecule has 0 radical (unpaired) electrons. The lowest BCUT2D eigenvalue weighted by Gasteiger charge is -2.22. The van der Waals surface area contributed by atoms with Crippen molar-refractivity contribution in [2.75, 3.05) is 10.2 Å². The van der Waals surface area contributed by atoms with E-state index in [4.69, 9.17) is 12.2 Å². The van der Waals surface area contributed by atoms with Crippen LogP contribution in [0.4, 0.5) is 17.1 Å². The van der Waals surface area contributed by atoms with Gasteiger partial charge in [-0.3, -0.25) is 14.9 Å². The van der Waals surface area contributed by atoms with E-state index >= 15 is 0 Å². The molecule has 1 aliphatic rings. The zero-order valence-corrected chi connectivity index (χ0v) is 10.4. The van der Waals surface area contributed by atoms with Gasteiger partial charge in [-0.2, -0.15) is 0 Å². The minimum atomic E-state index is -0.489. The van der Waals surface area contributed by atoms with Crippen molar-refractivity contribution >= 4 is 40.7 Å². The molecule has 1 unspecified atom stereocenters. The third kappa shape index (κ3) is 2.17. The maximum atomic E-state index is 11.2. The Hall–Kier alpha value is -2.02. The van der Waals surface area contributed by atoms with Gasteiger partial charge in [-0.15, -0.1) is 0 Å². The summed E-state index contributed by atoms with van der Waals surface area (Å²) in [5.74, 6) is 0. The summed E-state index contributed by atoms with van der Waals surface area (Å²) in [7, 11) is 0. The molecule has 0 aromatic heterocycles. The number of non-ortho nitro benzene ring substituents is 1. The lowest BCUT2D eigenvalue weighted by molar-refractivity contribution is -0.384. The minimum absolute atomic E-state index is 0.0533. The van der Waals surface area contributed by atoms with E-state index in [9.17, 15) is 14.9 Å². The van der Waals surface area contributed by atoms with Crippen molar-refractivity contribution in [3.8, 4) is 0 Å². The molecule has 1 atom stereocenters. The van der Waals surface area contributed by atoms with E-state index in [1.54, 1.807) is 6.07 Å². The van der Waals surface area contributed by atoms with Gasteiger partial charge in [0.2, 0.25) is 6.41 Å². The highest BCUT2D eigenvalue weighted by molar-refractivity contribution is 7.80. The molecule has 0 spiro atoms. The van der Waals surface area contributed by atoms with E-state index in [0.29, 0.717) is 29.2 Å². The molecule has 2 rings (SSSR count). The highest BCUT2D eigenvalue weighted by Crippen LogP contribution is 2.33. The summed E-state index contributed by atoms with van der Waals surface area (Å²) >= 11 is 5.14. The third-order valence-electron chi connectivity index (χ3n) is 2.81. The summed E-state index contributed by atoms with van der Waals surface area (Å²) in [5.41, 5.74) is 1.04. The number of thiocarbonyl (C=S) groups is 1. The number of nitro groups is 1. The Balaban J connectivity index is 2.56. The van der Waals surface area contributed by atoms with Crippen molar-refractivity contribution in [3.05, 3.63) is 28.3 Å². The highest BCUT2D eigenvalue weighted by atomic mass is 32.1. The number of fused-ring (bicyclic) bond motifs is 1. The first-order valence-electron chi connectivity index (χ1n) is 5.35. The van der Waals surface area contributed by atoms with Crippen LogP contribution in [0.15, 0.2) is 18.2 Å². The van der Waals surface area contributed by atoms with E-state index < -0.39 is 4.92 Å². The number of carbonyl (C=O) groups excluding carboxylic acids is 1. The second-order valence-corrected chi connectivity index (χ2v) is 4.57. The summed E-state index contributed by atoms with van der Waals surface area (Å²) in [6.07, 6.45) is 1.19. The fourth-order valence-electron chi connectivity index (χ4n) is 1.92. The van der Waals surface area contributed by atoms with Gasteiger partial charge in [-0.25, -0.2) is 0 Å². The monoisotopic (exact) mass is 265 g/mol. The number of amides is 1. The summed E-state index contributed by atoms with van der Waals surface area (Å²) in [5, 5.41) is 13.8. The van der Waals surface area contributed by atoms with Crippen molar-refractivity contribution in [2.24, 2.45) is 0 Å². The number of anilines is 2. The maximum absolute atomic E-state index is 11.2. The van der Waals surface area contributed by atoms with E-state index in [2.05, 4.69) is 5.32 Å². The zero-order chi connectivity index (χ0) is 13.3. The average molecular weight is 265 g/mol. The molecule has 1 aromatic rings. The first-order valence-corrected chi connectivity index (χ1v) is 5.75. The predicted molar refractivity (Wildman–Crippen MR) is 71.9 cm³/mol. The molecule has 0 fully saturated rings. The van der Waals surface area contributed by atoms with Crippen LogP contribution in [0, 0.1) is 10.1 Å². The number of nitrogens with zero attached hydrogens (tertiary/aromatic N) is 2. The van der Waals surface area contributed by atoms with Crippen LogP contribution in [-0.2, 0) is 4.79 Å². The average Bonchev–Trinajstić information content (AvgIpc) is 2.42. The molecule has 1 aliphatic heterocycles. The molecule has 94 valence electrons. The van der Waals surface area contributed by atoms with Gasteiger partial charge in [-0.1, -0.05) is 12.2 Å². The summed E-state index contributed by atoms with van der Waals surface area (Å²) in [4.78, 5) is 23.5. The fourth-order valence-corrected chi connectivity index (χ4v) is 2.27. The molecular weight excluding hydrogens is 254 g/mol. The Bertz CT molecular complexity index is 532. The van der Waals surface area contributed by atoms with Crippen molar-refractivity contribution in [1.29, 1.82) is 0 Å². The second kappa shape index (κ2) is 4.69. The van der Waals surface area contributed by atoms with Gasteiger partial charge in [0.15, 0.2) is 0 Å². The standard InChI is InChI=1S/C11H11N3O3S/c1-7-4-11(18)12-9-3-2-8(14(16)17)5-10(9)13(7)6-15/h2-3,5-7H,4H2,1H3,(H,12,18).